The molecule has 0 saturated heterocycles. The zero-order valence-electron chi connectivity index (χ0n) is 15.0. The van der Waals surface area contributed by atoms with Crippen molar-refractivity contribution in [3.8, 4) is 5.75 Å². The Morgan fingerprint density at radius 3 is 2.96 bits per heavy atom. The molecule has 1 atom stereocenters. The van der Waals surface area contributed by atoms with E-state index in [2.05, 4.69) is 25.2 Å². The van der Waals surface area contributed by atoms with Gasteiger partial charge in [-0.3, -0.25) is 0 Å². The Kier molecular flexibility index (Phi) is 5.22. The number of rotatable bonds is 4. The average molecular weight is 336 g/mol. The van der Waals surface area contributed by atoms with E-state index in [1.165, 1.54) is 23.6 Å². The lowest BCUT2D eigenvalue weighted by molar-refractivity contribution is 0.348. The summed E-state index contributed by atoms with van der Waals surface area (Å²) in [5, 5.41) is 0.936. The van der Waals surface area contributed by atoms with Crippen molar-refractivity contribution in [1.82, 2.24) is 0 Å². The van der Waals surface area contributed by atoms with Gasteiger partial charge in [0, 0.05) is 17.5 Å². The summed E-state index contributed by atoms with van der Waals surface area (Å²) in [6.45, 7) is 6.71. The van der Waals surface area contributed by atoms with Gasteiger partial charge in [0.15, 0.2) is 0 Å². The van der Waals surface area contributed by atoms with Gasteiger partial charge < -0.3 is 9.15 Å². The Hall–Kier alpha value is -2.55. The van der Waals surface area contributed by atoms with Gasteiger partial charge in [0.2, 0.25) is 0 Å². The summed E-state index contributed by atoms with van der Waals surface area (Å²) in [6, 6.07) is 7.18. The first-order chi connectivity index (χ1) is 12.1. The number of hydrogen-bond donors (Lipinski definition) is 0. The maximum atomic E-state index is 11.6. The van der Waals surface area contributed by atoms with Crippen LogP contribution in [0.25, 0.3) is 11.0 Å². The summed E-state index contributed by atoms with van der Waals surface area (Å²) in [6.07, 6.45) is 10.8. The van der Waals surface area contributed by atoms with Crippen molar-refractivity contribution < 1.29 is 9.15 Å². The minimum atomic E-state index is -0.331. The van der Waals surface area contributed by atoms with E-state index in [-0.39, 0.29) is 5.63 Å². The standard InChI is InChI=1S/C22H24O3/c1-4-5-9-19-15(2)7-6-8-17(19)14-24-18-10-11-20-16(3)12-22(23)25-21(20)13-18/h4-5,8-13,15H,6-7,14H2,1-3H3/b5-4-,19-9+. The van der Waals surface area contributed by atoms with E-state index >= 15 is 0 Å². The lowest BCUT2D eigenvalue weighted by Crippen LogP contribution is -2.13. The maximum Gasteiger partial charge on any atom is 0.336 e. The molecular formula is C22H24O3. The summed E-state index contributed by atoms with van der Waals surface area (Å²) in [4.78, 5) is 11.6. The fourth-order valence-corrected chi connectivity index (χ4v) is 3.27. The smallest absolute Gasteiger partial charge is 0.336 e. The molecule has 0 aliphatic heterocycles. The molecule has 1 aliphatic rings. The lowest BCUT2D eigenvalue weighted by atomic mass is 9.85. The van der Waals surface area contributed by atoms with Crippen LogP contribution >= 0.6 is 0 Å². The highest BCUT2D eigenvalue weighted by Gasteiger charge is 2.17. The average Bonchev–Trinajstić information content (AvgIpc) is 2.58. The molecule has 0 amide bonds. The fraction of sp³-hybridized carbons (Fsp3) is 0.318. The highest BCUT2D eigenvalue weighted by atomic mass is 16.5. The Labute approximate surface area is 148 Å². The molecule has 1 aromatic carbocycles. The Morgan fingerprint density at radius 1 is 1.32 bits per heavy atom. The van der Waals surface area contributed by atoms with Gasteiger partial charge in [-0.25, -0.2) is 4.79 Å². The molecule has 130 valence electrons. The van der Waals surface area contributed by atoms with Crippen LogP contribution < -0.4 is 10.4 Å². The number of benzene rings is 1. The van der Waals surface area contributed by atoms with Gasteiger partial charge in [0.1, 0.15) is 17.9 Å². The van der Waals surface area contributed by atoms with E-state index in [9.17, 15) is 4.79 Å². The van der Waals surface area contributed by atoms with E-state index in [1.807, 2.05) is 32.1 Å². The molecule has 3 nitrogen and oxygen atoms in total. The number of aryl methyl sites for hydroxylation is 1. The topological polar surface area (TPSA) is 39.4 Å². The summed E-state index contributed by atoms with van der Waals surface area (Å²) in [7, 11) is 0. The molecule has 0 fully saturated rings. The normalized spacial score (nSPS) is 19.6. The molecular weight excluding hydrogens is 312 g/mol. The molecule has 25 heavy (non-hydrogen) atoms. The van der Waals surface area contributed by atoms with Crippen LogP contribution in [-0.2, 0) is 0 Å². The van der Waals surface area contributed by atoms with Crippen molar-refractivity contribution in [2.75, 3.05) is 6.61 Å². The van der Waals surface area contributed by atoms with Crippen molar-refractivity contribution in [3.05, 3.63) is 75.7 Å². The van der Waals surface area contributed by atoms with E-state index in [0.29, 0.717) is 23.9 Å². The second-order valence-corrected chi connectivity index (χ2v) is 6.55. The second kappa shape index (κ2) is 7.56. The second-order valence-electron chi connectivity index (χ2n) is 6.55. The van der Waals surface area contributed by atoms with Crippen molar-refractivity contribution >= 4 is 11.0 Å². The molecule has 0 radical (unpaired) electrons. The highest BCUT2D eigenvalue weighted by molar-refractivity contribution is 5.81. The van der Waals surface area contributed by atoms with Crippen LogP contribution in [0.5, 0.6) is 5.75 Å². The van der Waals surface area contributed by atoms with Crippen LogP contribution in [0.4, 0.5) is 0 Å². The van der Waals surface area contributed by atoms with Crippen LogP contribution in [0, 0.1) is 12.8 Å². The van der Waals surface area contributed by atoms with Crippen LogP contribution in [0.3, 0.4) is 0 Å². The van der Waals surface area contributed by atoms with Gasteiger partial charge in [-0.2, -0.15) is 0 Å². The van der Waals surface area contributed by atoms with Crippen molar-refractivity contribution in [2.24, 2.45) is 5.92 Å². The van der Waals surface area contributed by atoms with Gasteiger partial charge in [0.25, 0.3) is 0 Å². The molecule has 0 spiro atoms. The largest absolute Gasteiger partial charge is 0.489 e. The summed E-state index contributed by atoms with van der Waals surface area (Å²) in [5.74, 6) is 1.25. The Bertz CT molecular complexity index is 913. The Balaban J connectivity index is 1.82. The molecule has 1 unspecified atom stereocenters. The molecule has 1 heterocycles. The van der Waals surface area contributed by atoms with Gasteiger partial charge in [0.05, 0.1) is 0 Å². The van der Waals surface area contributed by atoms with E-state index in [4.69, 9.17) is 9.15 Å². The molecule has 2 aromatic rings. The molecule has 3 heteroatoms. The zero-order valence-corrected chi connectivity index (χ0v) is 15.0. The molecule has 1 aromatic heterocycles. The minimum Gasteiger partial charge on any atom is -0.489 e. The number of ether oxygens (including phenoxy) is 1. The van der Waals surface area contributed by atoms with Crippen molar-refractivity contribution in [1.29, 1.82) is 0 Å². The first-order valence-corrected chi connectivity index (χ1v) is 8.78. The third kappa shape index (κ3) is 3.93. The lowest BCUT2D eigenvalue weighted by Gasteiger charge is -2.23. The molecule has 0 N–H and O–H groups in total. The third-order valence-corrected chi connectivity index (χ3v) is 4.68. The van der Waals surface area contributed by atoms with Crippen molar-refractivity contribution in [3.63, 3.8) is 0 Å². The van der Waals surface area contributed by atoms with Gasteiger partial charge >= 0.3 is 5.63 Å². The maximum absolute atomic E-state index is 11.6. The molecule has 1 aliphatic carbocycles. The molecule has 3 rings (SSSR count). The molecule has 0 bridgehead atoms. The minimum absolute atomic E-state index is 0.331. The van der Waals surface area contributed by atoms with Crippen LogP contribution in [0.2, 0.25) is 0 Å². The SMILES string of the molecule is C/C=C\C=C1\C(COc2ccc3c(C)cc(=O)oc3c2)=CCCC1C. The van der Waals surface area contributed by atoms with Crippen LogP contribution in [0.1, 0.15) is 32.3 Å². The van der Waals surface area contributed by atoms with Crippen LogP contribution in [-0.4, -0.2) is 6.61 Å². The van der Waals surface area contributed by atoms with E-state index < -0.39 is 0 Å². The van der Waals surface area contributed by atoms with E-state index in [1.54, 1.807) is 6.07 Å². The van der Waals surface area contributed by atoms with Gasteiger partial charge in [-0.05, 0) is 61.4 Å². The predicted molar refractivity (Wildman–Crippen MR) is 102 cm³/mol. The number of fused-ring (bicyclic) bond motifs is 1. The molecule has 0 saturated carbocycles. The van der Waals surface area contributed by atoms with E-state index in [0.717, 1.165) is 17.4 Å². The predicted octanol–water partition coefficient (Wildman–Crippen LogP) is 5.34. The quantitative estimate of drug-likeness (QED) is 0.708. The van der Waals surface area contributed by atoms with Crippen LogP contribution in [0.15, 0.2) is 68.9 Å². The van der Waals surface area contributed by atoms with Gasteiger partial charge in [-0.15, -0.1) is 0 Å². The summed E-state index contributed by atoms with van der Waals surface area (Å²) >= 11 is 0. The summed E-state index contributed by atoms with van der Waals surface area (Å²) in [5.41, 5.74) is 3.73. The van der Waals surface area contributed by atoms with Crippen molar-refractivity contribution in [2.45, 2.75) is 33.6 Å². The Morgan fingerprint density at radius 2 is 2.16 bits per heavy atom. The number of hydrogen-bond acceptors (Lipinski definition) is 3. The monoisotopic (exact) mass is 336 g/mol. The fourth-order valence-electron chi connectivity index (χ4n) is 3.27. The highest BCUT2D eigenvalue weighted by Crippen LogP contribution is 2.31. The summed E-state index contributed by atoms with van der Waals surface area (Å²) < 4.78 is 11.3. The van der Waals surface area contributed by atoms with Gasteiger partial charge in [-0.1, -0.05) is 31.2 Å². The zero-order chi connectivity index (χ0) is 17.8. The first-order valence-electron chi connectivity index (χ1n) is 8.78. The number of allylic oxidation sites excluding steroid dienone is 4. The first kappa shape index (κ1) is 17.3. The third-order valence-electron chi connectivity index (χ3n) is 4.68.